The first-order valence-corrected chi connectivity index (χ1v) is 8.99. The highest BCUT2D eigenvalue weighted by Gasteiger charge is 2.20. The van der Waals surface area contributed by atoms with Crippen LogP contribution in [0.3, 0.4) is 0 Å². The number of nitrogens with one attached hydrogen (secondary N) is 2. The van der Waals surface area contributed by atoms with Gasteiger partial charge in [-0.2, -0.15) is 0 Å². The van der Waals surface area contributed by atoms with Crippen LogP contribution in [0.1, 0.15) is 28.4 Å². The number of pyridine rings is 1. The van der Waals surface area contributed by atoms with Gasteiger partial charge in [0.1, 0.15) is 0 Å². The van der Waals surface area contributed by atoms with Gasteiger partial charge in [-0.05, 0) is 41.8 Å². The first-order chi connectivity index (χ1) is 13.9. The molecule has 1 heterocycles. The number of carbonyl (C=O) groups excluding carboxylic acids is 2. The average molecular weight is 394 g/mol. The summed E-state index contributed by atoms with van der Waals surface area (Å²) in [6.45, 7) is 1.42. The number of fused-ring (bicyclic) bond motifs is 1. The van der Waals surface area contributed by atoms with Gasteiger partial charge in [0, 0.05) is 35.6 Å². The first-order valence-electron chi connectivity index (χ1n) is 8.99. The fraction of sp³-hybridized carbons (Fsp3) is 0.190. The summed E-state index contributed by atoms with van der Waals surface area (Å²) in [4.78, 5) is 46.6. The molecule has 8 heteroatoms. The van der Waals surface area contributed by atoms with E-state index in [1.54, 1.807) is 22.8 Å². The van der Waals surface area contributed by atoms with Crippen LogP contribution >= 0.6 is 0 Å². The molecule has 3 rings (SSSR count). The summed E-state index contributed by atoms with van der Waals surface area (Å²) in [5, 5.41) is 13.5. The highest BCUT2D eigenvalue weighted by molar-refractivity contribution is 5.92. The van der Waals surface area contributed by atoms with Crippen LogP contribution in [0, 0.1) is 4.91 Å². The van der Waals surface area contributed by atoms with E-state index in [0.717, 1.165) is 11.1 Å². The number of hydrogen-bond donors (Lipinski definition) is 3. The average Bonchev–Trinajstić information content (AvgIpc) is 2.69. The Hall–Kier alpha value is -3.65. The van der Waals surface area contributed by atoms with Gasteiger partial charge in [0.15, 0.2) is 5.56 Å². The molecule has 0 fully saturated rings. The summed E-state index contributed by atoms with van der Waals surface area (Å²) < 4.78 is 1.57. The summed E-state index contributed by atoms with van der Waals surface area (Å²) in [6, 6.07) is 12.6. The van der Waals surface area contributed by atoms with Crippen molar-refractivity contribution in [3.05, 3.63) is 80.5 Å². The zero-order valence-electron chi connectivity index (χ0n) is 15.8. The Morgan fingerprint density at radius 1 is 1.14 bits per heavy atom. The number of carbonyl (C=O) groups is 2. The van der Waals surface area contributed by atoms with Gasteiger partial charge in [-0.25, -0.2) is 4.79 Å². The molecule has 0 spiro atoms. The number of rotatable bonds is 6. The van der Waals surface area contributed by atoms with Crippen LogP contribution in [-0.4, -0.2) is 28.1 Å². The number of aliphatic hydroxyl groups excluding tert-OH is 1. The van der Waals surface area contributed by atoms with Crippen LogP contribution in [-0.2, 0) is 17.8 Å². The number of amides is 2. The Labute approximate surface area is 165 Å². The minimum atomic E-state index is -1.02. The van der Waals surface area contributed by atoms with Crippen molar-refractivity contribution < 1.29 is 19.9 Å². The predicted octanol–water partition coefficient (Wildman–Crippen LogP) is 0.530. The van der Waals surface area contributed by atoms with Gasteiger partial charge >= 0.3 is 5.91 Å². The number of nitrogens with zero attached hydrogens (tertiary/aromatic N) is 1. The lowest BCUT2D eigenvalue weighted by molar-refractivity contribution is -0.369. The standard InChI is InChI=1S/C21H19N3O5/c1-13(26)22-16-4-2-3-14(10-16)9-15-5-6-19-17(11-15)20(27)18(21(28)23-29)12-24(19)7-8-25/h2-6,10-12,25H,7-9H2,1H3,(H,22,26)/p+1. The number of aliphatic hydroxyl groups is 1. The number of benzene rings is 2. The van der Waals surface area contributed by atoms with Crippen LogP contribution < -0.4 is 15.9 Å². The maximum absolute atomic E-state index is 12.7. The molecule has 0 saturated carbocycles. The molecule has 3 aromatic rings. The fourth-order valence-electron chi connectivity index (χ4n) is 3.26. The van der Waals surface area contributed by atoms with Gasteiger partial charge in [0.2, 0.25) is 11.3 Å². The van der Waals surface area contributed by atoms with Gasteiger partial charge in [-0.1, -0.05) is 18.2 Å². The van der Waals surface area contributed by atoms with Gasteiger partial charge in [0.05, 0.1) is 17.3 Å². The predicted molar refractivity (Wildman–Crippen MR) is 108 cm³/mol. The molecule has 0 bridgehead atoms. The minimum Gasteiger partial charge on any atom is -0.395 e. The zero-order chi connectivity index (χ0) is 21.0. The lowest BCUT2D eigenvalue weighted by atomic mass is 10.0. The second-order valence-electron chi connectivity index (χ2n) is 6.63. The Morgan fingerprint density at radius 3 is 2.59 bits per heavy atom. The van der Waals surface area contributed by atoms with Gasteiger partial charge in [0.25, 0.3) is 0 Å². The summed E-state index contributed by atoms with van der Waals surface area (Å²) in [6.07, 6.45) is 1.78. The second kappa shape index (κ2) is 8.57. The van der Waals surface area contributed by atoms with Crippen molar-refractivity contribution in [3.63, 3.8) is 0 Å². The highest BCUT2D eigenvalue weighted by Crippen LogP contribution is 2.19. The zero-order valence-corrected chi connectivity index (χ0v) is 15.8. The molecular formula is C21H20N3O5+. The SMILES string of the molecule is CC(=O)Nc1cccc(Cc2ccc3c(c2)c(=O)c(C(=O)[NH+]=O)cn3CCO)c1. The van der Waals surface area contributed by atoms with Crippen molar-refractivity contribution in [2.75, 3.05) is 11.9 Å². The quantitative estimate of drug-likeness (QED) is 0.563. The molecule has 0 aliphatic carbocycles. The van der Waals surface area contributed by atoms with Gasteiger partial charge in [-0.3, -0.25) is 9.59 Å². The number of nitroso groups, excluding NO2 is 1. The molecule has 0 atom stereocenters. The van der Waals surface area contributed by atoms with E-state index in [1.165, 1.54) is 18.3 Å². The third-order valence-corrected chi connectivity index (χ3v) is 4.48. The molecule has 8 nitrogen and oxygen atoms in total. The monoisotopic (exact) mass is 394 g/mol. The smallest absolute Gasteiger partial charge is 0.395 e. The van der Waals surface area contributed by atoms with Crippen LogP contribution in [0.2, 0.25) is 0 Å². The van der Waals surface area contributed by atoms with Crippen molar-refractivity contribution in [1.29, 1.82) is 0 Å². The van der Waals surface area contributed by atoms with E-state index in [4.69, 9.17) is 0 Å². The van der Waals surface area contributed by atoms with E-state index < -0.39 is 11.3 Å². The molecule has 0 aliphatic heterocycles. The molecule has 0 unspecified atom stereocenters. The van der Waals surface area contributed by atoms with E-state index in [2.05, 4.69) is 5.32 Å². The number of hydrogen-bond acceptors (Lipinski definition) is 5. The topological polar surface area (TPSA) is 119 Å². The minimum absolute atomic E-state index is 0.165. The fourth-order valence-corrected chi connectivity index (χ4v) is 3.26. The lowest BCUT2D eigenvalue weighted by Gasteiger charge is -2.12. The summed E-state index contributed by atoms with van der Waals surface area (Å²) in [5.41, 5.74) is 2.17. The number of anilines is 1. The Kier molecular flexibility index (Phi) is 5.94. The van der Waals surface area contributed by atoms with E-state index in [0.29, 0.717) is 17.6 Å². The van der Waals surface area contributed by atoms with Gasteiger partial charge < -0.3 is 15.0 Å². The number of aromatic nitrogens is 1. The van der Waals surface area contributed by atoms with Crippen molar-refractivity contribution in [1.82, 2.24) is 4.57 Å². The Bertz CT molecular complexity index is 1170. The lowest BCUT2D eigenvalue weighted by Crippen LogP contribution is -2.70. The molecule has 0 radical (unpaired) electrons. The Morgan fingerprint density at radius 2 is 1.90 bits per heavy atom. The second-order valence-corrected chi connectivity index (χ2v) is 6.63. The molecule has 3 N–H and O–H groups in total. The molecule has 0 aliphatic rings. The van der Waals surface area contributed by atoms with E-state index in [-0.39, 0.29) is 30.0 Å². The first kappa shape index (κ1) is 20.1. The largest absolute Gasteiger partial charge is 0.468 e. The van der Waals surface area contributed by atoms with E-state index in [9.17, 15) is 24.4 Å². The maximum atomic E-state index is 12.7. The highest BCUT2D eigenvalue weighted by atomic mass is 16.3. The third kappa shape index (κ3) is 4.44. The van der Waals surface area contributed by atoms with Crippen LogP contribution in [0.5, 0.6) is 0 Å². The molecule has 2 amide bonds. The molecule has 2 aromatic carbocycles. The molecule has 148 valence electrons. The van der Waals surface area contributed by atoms with Crippen molar-refractivity contribution in [3.8, 4) is 0 Å². The van der Waals surface area contributed by atoms with Crippen molar-refractivity contribution in [2.45, 2.75) is 19.9 Å². The third-order valence-electron chi connectivity index (χ3n) is 4.48. The van der Waals surface area contributed by atoms with Crippen molar-refractivity contribution >= 4 is 28.4 Å². The summed E-state index contributed by atoms with van der Waals surface area (Å²) in [7, 11) is 0. The van der Waals surface area contributed by atoms with Crippen molar-refractivity contribution in [2.24, 2.45) is 0 Å². The summed E-state index contributed by atoms with van der Waals surface area (Å²) >= 11 is 0. The van der Waals surface area contributed by atoms with E-state index in [1.807, 2.05) is 24.3 Å². The Balaban J connectivity index is 2.06. The molecule has 29 heavy (non-hydrogen) atoms. The van der Waals surface area contributed by atoms with Crippen LogP contribution in [0.4, 0.5) is 5.69 Å². The van der Waals surface area contributed by atoms with Crippen LogP contribution in [0.15, 0.2) is 53.5 Å². The molecular weight excluding hydrogens is 374 g/mol. The normalized spacial score (nSPS) is 10.7. The van der Waals surface area contributed by atoms with Gasteiger partial charge in [-0.15, -0.1) is 0 Å². The summed E-state index contributed by atoms with van der Waals surface area (Å²) in [5.74, 6) is -1.18. The van der Waals surface area contributed by atoms with Crippen LogP contribution in [0.25, 0.3) is 10.9 Å². The maximum Gasteiger partial charge on any atom is 0.468 e. The molecule has 1 aromatic heterocycles. The van der Waals surface area contributed by atoms with E-state index >= 15 is 0 Å². The molecule has 0 saturated heterocycles.